The summed E-state index contributed by atoms with van der Waals surface area (Å²) < 4.78 is 11.8. The van der Waals surface area contributed by atoms with Gasteiger partial charge in [0.05, 0.1) is 48.2 Å². The van der Waals surface area contributed by atoms with Crippen LogP contribution in [0.1, 0.15) is 55.5 Å². The van der Waals surface area contributed by atoms with E-state index in [1.807, 2.05) is 20.8 Å². The number of aromatic nitrogens is 2. The molecule has 0 aliphatic heterocycles. The Morgan fingerprint density at radius 2 is 2.03 bits per heavy atom. The summed E-state index contributed by atoms with van der Waals surface area (Å²) in [6.07, 6.45) is 4.38. The van der Waals surface area contributed by atoms with Crippen molar-refractivity contribution >= 4 is 34.3 Å². The minimum absolute atomic E-state index is 0.209. The number of carbonyl (C=O) groups is 2. The van der Waals surface area contributed by atoms with Gasteiger partial charge in [-0.3, -0.25) is 4.79 Å². The second kappa shape index (κ2) is 9.04. The highest BCUT2D eigenvalue weighted by molar-refractivity contribution is 6.14. The van der Waals surface area contributed by atoms with Crippen LogP contribution in [0.25, 0.3) is 11.0 Å². The summed E-state index contributed by atoms with van der Waals surface area (Å²) in [4.78, 5) is 30.2. The van der Waals surface area contributed by atoms with Crippen LogP contribution in [0.3, 0.4) is 0 Å². The third kappa shape index (κ3) is 4.77. The fraction of sp³-hybridized carbons (Fsp3) is 0.435. The molecule has 3 heterocycles. The fourth-order valence-electron chi connectivity index (χ4n) is 3.29. The van der Waals surface area contributed by atoms with E-state index in [-0.39, 0.29) is 17.7 Å². The number of hydrogen-bond acceptors (Lipinski definition) is 7. The molecule has 0 aliphatic rings. The number of furan rings is 1. The number of anilines is 2. The maximum absolute atomic E-state index is 12.8. The molecule has 9 heteroatoms. The number of amides is 1. The Labute approximate surface area is 186 Å². The van der Waals surface area contributed by atoms with E-state index in [1.165, 1.54) is 25.7 Å². The van der Waals surface area contributed by atoms with Crippen molar-refractivity contribution in [3.63, 3.8) is 0 Å². The summed E-state index contributed by atoms with van der Waals surface area (Å²) in [6, 6.07) is 3.07. The summed E-state index contributed by atoms with van der Waals surface area (Å²) in [5, 5.41) is 16.9. The van der Waals surface area contributed by atoms with Crippen LogP contribution in [0, 0.1) is 5.92 Å². The number of pyridine rings is 1. The first-order valence-electron chi connectivity index (χ1n) is 10.5. The van der Waals surface area contributed by atoms with E-state index in [0.717, 1.165) is 0 Å². The van der Waals surface area contributed by atoms with E-state index < -0.39 is 17.5 Å². The predicted octanol–water partition coefficient (Wildman–Crippen LogP) is 3.90. The summed E-state index contributed by atoms with van der Waals surface area (Å²) in [7, 11) is 1.30. The number of rotatable bonds is 8. The number of fused-ring (bicyclic) bond motifs is 1. The lowest BCUT2D eigenvalue weighted by atomic mass is 10.0. The molecule has 0 bridgehead atoms. The second-order valence-corrected chi connectivity index (χ2v) is 8.80. The molecule has 0 fully saturated rings. The quantitative estimate of drug-likeness (QED) is 0.453. The van der Waals surface area contributed by atoms with E-state index in [1.54, 1.807) is 30.7 Å². The SMILES string of the molecule is COC(=O)c1c(NC(=O)c2ccoc2)c2cc(N[C@@H](C)C(C)(C)O)cnc2n1CC(C)C. The lowest BCUT2D eigenvalue weighted by molar-refractivity contribution is 0.0588. The molecule has 0 saturated heterocycles. The van der Waals surface area contributed by atoms with Crippen LogP contribution in [0.15, 0.2) is 35.3 Å². The van der Waals surface area contributed by atoms with Crippen LogP contribution >= 0.6 is 0 Å². The van der Waals surface area contributed by atoms with Gasteiger partial charge in [-0.25, -0.2) is 9.78 Å². The van der Waals surface area contributed by atoms with E-state index in [0.29, 0.717) is 34.5 Å². The molecule has 0 saturated carbocycles. The van der Waals surface area contributed by atoms with Gasteiger partial charge in [-0.15, -0.1) is 0 Å². The van der Waals surface area contributed by atoms with Gasteiger partial charge in [0, 0.05) is 11.9 Å². The van der Waals surface area contributed by atoms with Gasteiger partial charge in [0.1, 0.15) is 11.9 Å². The number of carbonyl (C=O) groups excluding carboxylic acids is 2. The van der Waals surface area contributed by atoms with Gasteiger partial charge in [0.25, 0.3) is 5.91 Å². The Morgan fingerprint density at radius 1 is 1.31 bits per heavy atom. The molecule has 0 unspecified atom stereocenters. The zero-order valence-corrected chi connectivity index (χ0v) is 19.2. The second-order valence-electron chi connectivity index (χ2n) is 8.80. The van der Waals surface area contributed by atoms with E-state index in [4.69, 9.17) is 9.15 Å². The predicted molar refractivity (Wildman–Crippen MR) is 122 cm³/mol. The third-order valence-electron chi connectivity index (χ3n) is 5.29. The molecular formula is C23H30N4O5. The highest BCUT2D eigenvalue weighted by Gasteiger charge is 2.28. The van der Waals surface area contributed by atoms with Crippen molar-refractivity contribution in [1.29, 1.82) is 0 Å². The number of methoxy groups -OCH3 is 1. The van der Waals surface area contributed by atoms with Gasteiger partial charge in [-0.05, 0) is 38.8 Å². The average Bonchev–Trinajstić information content (AvgIpc) is 3.34. The summed E-state index contributed by atoms with van der Waals surface area (Å²) in [6.45, 7) is 9.83. The molecule has 0 spiro atoms. The largest absolute Gasteiger partial charge is 0.472 e. The maximum Gasteiger partial charge on any atom is 0.356 e. The average molecular weight is 443 g/mol. The molecule has 1 atom stereocenters. The number of nitrogens with one attached hydrogen (secondary N) is 2. The van der Waals surface area contributed by atoms with Crippen molar-refractivity contribution in [3.8, 4) is 0 Å². The van der Waals surface area contributed by atoms with Crippen molar-refractivity contribution in [2.45, 2.75) is 52.8 Å². The first-order chi connectivity index (χ1) is 15.0. The normalized spacial score (nSPS) is 12.8. The van der Waals surface area contributed by atoms with Crippen LogP contribution in [-0.2, 0) is 11.3 Å². The molecular weight excluding hydrogens is 412 g/mol. The molecule has 0 aliphatic carbocycles. The number of nitrogens with zero attached hydrogens (tertiary/aromatic N) is 2. The van der Waals surface area contributed by atoms with Crippen LogP contribution < -0.4 is 10.6 Å². The Kier molecular flexibility index (Phi) is 6.59. The number of aliphatic hydroxyl groups is 1. The number of ether oxygens (including phenoxy) is 1. The highest BCUT2D eigenvalue weighted by Crippen LogP contribution is 2.34. The Bertz CT molecular complexity index is 1110. The maximum atomic E-state index is 12.8. The monoisotopic (exact) mass is 442 g/mol. The molecule has 0 aromatic carbocycles. The summed E-state index contributed by atoms with van der Waals surface area (Å²) >= 11 is 0. The standard InChI is InChI=1S/C23H30N4O5/c1-13(2)11-27-19(22(29)31-6)18(26-21(28)15-7-8-32-12-15)17-9-16(10-24-20(17)27)25-14(3)23(4,5)30/h7-10,12-14,25,30H,11H2,1-6H3,(H,26,28)/t14-/m0/s1. The molecule has 1 amide bonds. The van der Waals surface area contributed by atoms with Gasteiger partial charge in [0.15, 0.2) is 5.69 Å². The molecule has 0 radical (unpaired) electrons. The minimum Gasteiger partial charge on any atom is -0.472 e. The Balaban J connectivity index is 2.18. The van der Waals surface area contributed by atoms with E-state index in [2.05, 4.69) is 15.6 Å². The summed E-state index contributed by atoms with van der Waals surface area (Å²) in [5.41, 5.74) is 1.07. The van der Waals surface area contributed by atoms with Crippen LogP contribution in [-0.4, -0.2) is 45.3 Å². The van der Waals surface area contributed by atoms with Crippen molar-refractivity contribution in [1.82, 2.24) is 9.55 Å². The number of esters is 1. The van der Waals surface area contributed by atoms with Gasteiger partial charge in [-0.1, -0.05) is 13.8 Å². The summed E-state index contributed by atoms with van der Waals surface area (Å²) in [5.74, 6) is -0.789. The minimum atomic E-state index is -0.964. The first kappa shape index (κ1) is 23.3. The van der Waals surface area contributed by atoms with E-state index in [9.17, 15) is 14.7 Å². The lowest BCUT2D eigenvalue weighted by Gasteiger charge is -2.27. The molecule has 32 heavy (non-hydrogen) atoms. The number of hydrogen-bond donors (Lipinski definition) is 3. The first-order valence-corrected chi connectivity index (χ1v) is 10.5. The molecule has 172 valence electrons. The van der Waals surface area contributed by atoms with Crippen molar-refractivity contribution in [3.05, 3.63) is 42.1 Å². The van der Waals surface area contributed by atoms with Crippen LogP contribution in [0.4, 0.5) is 11.4 Å². The van der Waals surface area contributed by atoms with Crippen LogP contribution in [0.2, 0.25) is 0 Å². The zero-order valence-electron chi connectivity index (χ0n) is 19.2. The van der Waals surface area contributed by atoms with Gasteiger partial charge >= 0.3 is 5.97 Å². The molecule has 3 rings (SSSR count). The Hall–Kier alpha value is -3.33. The molecule has 3 N–H and O–H groups in total. The van der Waals surface area contributed by atoms with Crippen LogP contribution in [0.5, 0.6) is 0 Å². The van der Waals surface area contributed by atoms with Gasteiger partial charge in [0.2, 0.25) is 0 Å². The highest BCUT2D eigenvalue weighted by atomic mass is 16.5. The van der Waals surface area contributed by atoms with Gasteiger partial charge < -0.3 is 29.5 Å². The molecule has 3 aromatic heterocycles. The third-order valence-corrected chi connectivity index (χ3v) is 5.29. The molecule has 9 nitrogen and oxygen atoms in total. The molecule has 3 aromatic rings. The van der Waals surface area contributed by atoms with Crippen molar-refractivity contribution < 1.29 is 23.8 Å². The fourth-order valence-corrected chi connectivity index (χ4v) is 3.29. The van der Waals surface area contributed by atoms with Gasteiger partial charge in [-0.2, -0.15) is 0 Å². The zero-order chi connectivity index (χ0) is 23.6. The Morgan fingerprint density at radius 3 is 2.59 bits per heavy atom. The van der Waals surface area contributed by atoms with Crippen molar-refractivity contribution in [2.75, 3.05) is 17.7 Å². The lowest BCUT2D eigenvalue weighted by Crippen LogP contribution is -2.39. The topological polar surface area (TPSA) is 119 Å². The smallest absolute Gasteiger partial charge is 0.356 e. The van der Waals surface area contributed by atoms with E-state index >= 15 is 0 Å². The van der Waals surface area contributed by atoms with Crippen molar-refractivity contribution in [2.24, 2.45) is 5.92 Å².